The Kier molecular flexibility index (Phi) is 4.79. The van der Waals surface area contributed by atoms with Crippen molar-refractivity contribution in [2.24, 2.45) is 0 Å². The summed E-state index contributed by atoms with van der Waals surface area (Å²) in [5.41, 5.74) is 0.818. The Hall–Kier alpha value is -2.91. The average molecular weight is 417 g/mol. The molecule has 0 radical (unpaired) electrons. The molecule has 3 aromatic rings. The number of amides is 1. The van der Waals surface area contributed by atoms with Crippen LogP contribution in [-0.2, 0) is 10.0 Å². The number of anilines is 1. The zero-order valence-electron chi connectivity index (χ0n) is 15.4. The monoisotopic (exact) mass is 417 g/mol. The van der Waals surface area contributed by atoms with Gasteiger partial charge in [0, 0.05) is 28.8 Å². The fraction of sp³-hybridized carbons (Fsp3) is 0.200. The van der Waals surface area contributed by atoms with Crippen LogP contribution in [0.1, 0.15) is 28.9 Å². The molecule has 0 spiro atoms. The van der Waals surface area contributed by atoms with Crippen LogP contribution in [-0.4, -0.2) is 25.4 Å². The normalized spacial score (nSPS) is 14.2. The molecule has 9 heteroatoms. The zero-order valence-corrected chi connectivity index (χ0v) is 16.2. The van der Waals surface area contributed by atoms with Crippen LogP contribution in [0.3, 0.4) is 0 Å². The Balaban J connectivity index is 1.61. The standard InChI is InChI=1S/C20H17F2N3O3S/c1-11-8-18(16-9-13(21)10-17(22)19(16)23-11)24-20(26)12-2-6-15(7-3-12)29(27,28)25-14-4-5-14/h2-3,6-10,14,25H,4-5H2,1H3,(H,23,24,26). The summed E-state index contributed by atoms with van der Waals surface area (Å²) in [6.07, 6.45) is 1.64. The highest BCUT2D eigenvalue weighted by molar-refractivity contribution is 7.89. The second kappa shape index (κ2) is 7.16. The Labute approximate surface area is 166 Å². The molecule has 0 unspecified atom stereocenters. The Bertz CT molecular complexity index is 1220. The van der Waals surface area contributed by atoms with Gasteiger partial charge in [-0.25, -0.2) is 26.9 Å². The van der Waals surface area contributed by atoms with E-state index in [1.807, 2.05) is 0 Å². The lowest BCUT2D eigenvalue weighted by atomic mass is 10.1. The maximum atomic E-state index is 14.0. The van der Waals surface area contributed by atoms with Crippen LogP contribution in [0, 0.1) is 18.6 Å². The molecule has 29 heavy (non-hydrogen) atoms. The highest BCUT2D eigenvalue weighted by Gasteiger charge is 2.28. The van der Waals surface area contributed by atoms with Gasteiger partial charge < -0.3 is 5.32 Å². The predicted molar refractivity (Wildman–Crippen MR) is 104 cm³/mol. The number of nitrogens with one attached hydrogen (secondary N) is 2. The number of halogens is 2. The number of aromatic nitrogens is 1. The van der Waals surface area contributed by atoms with E-state index in [4.69, 9.17) is 0 Å². The van der Waals surface area contributed by atoms with Gasteiger partial charge in [-0.2, -0.15) is 0 Å². The third kappa shape index (κ3) is 4.10. The van der Waals surface area contributed by atoms with Gasteiger partial charge in [0.1, 0.15) is 11.3 Å². The van der Waals surface area contributed by atoms with Crippen molar-refractivity contribution in [1.29, 1.82) is 0 Å². The molecule has 1 aromatic heterocycles. The number of nitrogens with zero attached hydrogens (tertiary/aromatic N) is 1. The third-order valence-electron chi connectivity index (χ3n) is 4.53. The van der Waals surface area contributed by atoms with Gasteiger partial charge >= 0.3 is 0 Å². The molecule has 1 aliphatic carbocycles. The van der Waals surface area contributed by atoms with Crippen LogP contribution < -0.4 is 10.0 Å². The molecule has 1 saturated carbocycles. The van der Waals surface area contributed by atoms with Gasteiger partial charge in [0.05, 0.1) is 10.6 Å². The first kappa shape index (κ1) is 19.4. The molecule has 0 aliphatic heterocycles. The van der Waals surface area contributed by atoms with Gasteiger partial charge in [0.2, 0.25) is 10.0 Å². The van der Waals surface area contributed by atoms with E-state index in [0.717, 1.165) is 25.0 Å². The lowest BCUT2D eigenvalue weighted by Gasteiger charge is -2.11. The van der Waals surface area contributed by atoms with E-state index in [0.29, 0.717) is 5.69 Å². The lowest BCUT2D eigenvalue weighted by Crippen LogP contribution is -2.25. The van der Waals surface area contributed by atoms with Crippen molar-refractivity contribution < 1.29 is 22.0 Å². The third-order valence-corrected chi connectivity index (χ3v) is 6.07. The van der Waals surface area contributed by atoms with Crippen LogP contribution in [0.5, 0.6) is 0 Å². The number of benzene rings is 2. The van der Waals surface area contributed by atoms with E-state index in [-0.39, 0.29) is 33.1 Å². The molecule has 1 fully saturated rings. The van der Waals surface area contributed by atoms with Gasteiger partial charge in [-0.1, -0.05) is 0 Å². The smallest absolute Gasteiger partial charge is 0.255 e. The summed E-state index contributed by atoms with van der Waals surface area (Å²) >= 11 is 0. The van der Waals surface area contributed by atoms with E-state index in [2.05, 4.69) is 15.0 Å². The summed E-state index contributed by atoms with van der Waals surface area (Å²) in [6, 6.07) is 8.77. The molecule has 2 aromatic carbocycles. The molecule has 6 nitrogen and oxygen atoms in total. The topological polar surface area (TPSA) is 88.2 Å². The molecule has 2 N–H and O–H groups in total. The fourth-order valence-electron chi connectivity index (χ4n) is 2.95. The Morgan fingerprint density at radius 2 is 1.79 bits per heavy atom. The second-order valence-corrected chi connectivity index (χ2v) is 8.68. The van der Waals surface area contributed by atoms with Gasteiger partial charge in [-0.05, 0) is 56.2 Å². The number of aryl methyl sites for hydroxylation is 1. The average Bonchev–Trinajstić information content (AvgIpc) is 3.46. The Morgan fingerprint density at radius 3 is 2.45 bits per heavy atom. The van der Waals surface area contributed by atoms with Crippen LogP contribution in [0.15, 0.2) is 47.4 Å². The number of fused-ring (bicyclic) bond motifs is 1. The number of rotatable bonds is 5. The number of carbonyl (C=O) groups excluding carboxylic acids is 1. The van der Waals surface area contributed by atoms with Crippen molar-refractivity contribution >= 4 is 32.5 Å². The van der Waals surface area contributed by atoms with Crippen molar-refractivity contribution in [2.75, 3.05) is 5.32 Å². The van der Waals surface area contributed by atoms with Crippen LogP contribution in [0.4, 0.5) is 14.5 Å². The first-order chi connectivity index (χ1) is 13.7. The molecule has 0 saturated heterocycles. The first-order valence-corrected chi connectivity index (χ1v) is 10.4. The minimum Gasteiger partial charge on any atom is -0.321 e. The fourth-order valence-corrected chi connectivity index (χ4v) is 4.26. The first-order valence-electron chi connectivity index (χ1n) is 8.93. The van der Waals surface area contributed by atoms with Crippen LogP contribution in [0.25, 0.3) is 10.9 Å². The lowest BCUT2D eigenvalue weighted by molar-refractivity contribution is 0.102. The molecular weight excluding hydrogens is 400 g/mol. The van der Waals surface area contributed by atoms with E-state index in [9.17, 15) is 22.0 Å². The van der Waals surface area contributed by atoms with Gasteiger partial charge in [0.15, 0.2) is 5.82 Å². The van der Waals surface area contributed by atoms with Crippen molar-refractivity contribution in [3.8, 4) is 0 Å². The Morgan fingerprint density at radius 1 is 1.10 bits per heavy atom. The van der Waals surface area contributed by atoms with Crippen LogP contribution >= 0.6 is 0 Å². The largest absolute Gasteiger partial charge is 0.321 e. The van der Waals surface area contributed by atoms with Crippen molar-refractivity contribution in [2.45, 2.75) is 30.7 Å². The summed E-state index contributed by atoms with van der Waals surface area (Å²) in [5, 5.41) is 2.75. The quantitative estimate of drug-likeness (QED) is 0.665. The van der Waals surface area contributed by atoms with Crippen LogP contribution in [0.2, 0.25) is 0 Å². The van der Waals surface area contributed by atoms with Crippen molar-refractivity contribution in [3.05, 3.63) is 65.4 Å². The molecule has 1 aliphatic rings. The molecule has 0 atom stereocenters. The minimum absolute atomic E-state index is 0.0213. The van der Waals surface area contributed by atoms with E-state index >= 15 is 0 Å². The minimum atomic E-state index is -3.62. The maximum Gasteiger partial charge on any atom is 0.255 e. The molecule has 0 bridgehead atoms. The molecule has 4 rings (SSSR count). The highest BCUT2D eigenvalue weighted by Crippen LogP contribution is 2.27. The second-order valence-electron chi connectivity index (χ2n) is 6.97. The van der Waals surface area contributed by atoms with E-state index < -0.39 is 27.6 Å². The number of carbonyl (C=O) groups is 1. The van der Waals surface area contributed by atoms with E-state index in [1.54, 1.807) is 6.92 Å². The van der Waals surface area contributed by atoms with Gasteiger partial charge in [-0.3, -0.25) is 4.79 Å². The number of sulfonamides is 1. The molecular formula is C20H17F2N3O3S. The van der Waals surface area contributed by atoms with Crippen molar-refractivity contribution in [3.63, 3.8) is 0 Å². The van der Waals surface area contributed by atoms with Gasteiger partial charge in [0.25, 0.3) is 5.91 Å². The summed E-state index contributed by atoms with van der Waals surface area (Å²) in [4.78, 5) is 16.7. The van der Waals surface area contributed by atoms with Crippen molar-refractivity contribution in [1.82, 2.24) is 9.71 Å². The number of hydrogen-bond acceptors (Lipinski definition) is 4. The number of hydrogen-bond donors (Lipinski definition) is 2. The SMILES string of the molecule is Cc1cc(NC(=O)c2ccc(S(=O)(=O)NC3CC3)cc2)c2cc(F)cc(F)c2n1. The molecule has 1 heterocycles. The molecule has 1 amide bonds. The zero-order chi connectivity index (χ0) is 20.8. The highest BCUT2D eigenvalue weighted by atomic mass is 32.2. The predicted octanol–water partition coefficient (Wildman–Crippen LogP) is 3.51. The van der Waals surface area contributed by atoms with Gasteiger partial charge in [-0.15, -0.1) is 0 Å². The maximum absolute atomic E-state index is 14.0. The molecule has 150 valence electrons. The van der Waals surface area contributed by atoms with E-state index in [1.165, 1.54) is 30.3 Å². The summed E-state index contributed by atoms with van der Waals surface area (Å²) in [6.45, 7) is 1.63. The summed E-state index contributed by atoms with van der Waals surface area (Å²) in [7, 11) is -3.62. The summed E-state index contributed by atoms with van der Waals surface area (Å²) in [5.74, 6) is -2.15. The summed E-state index contributed by atoms with van der Waals surface area (Å²) < 4.78 is 54.7. The number of pyridine rings is 1.